The van der Waals surface area contributed by atoms with Gasteiger partial charge in [0.2, 0.25) is 0 Å². The molecule has 0 fully saturated rings. The number of hydrogen-bond donors (Lipinski definition) is 1. The van der Waals surface area contributed by atoms with Crippen LogP contribution in [0.4, 0.5) is 5.69 Å². The van der Waals surface area contributed by atoms with Crippen molar-refractivity contribution in [2.75, 3.05) is 6.26 Å². The van der Waals surface area contributed by atoms with Crippen molar-refractivity contribution < 1.29 is 4.74 Å². The first-order valence-electron chi connectivity index (χ1n) is 6.44. The molecule has 0 saturated carbocycles. The number of hydrogen-bond acceptors (Lipinski definition) is 4. The van der Waals surface area contributed by atoms with E-state index in [2.05, 4.69) is 26.2 Å². The highest BCUT2D eigenvalue weighted by Gasteiger charge is 2.03. The average Bonchev–Trinajstić information content (AvgIpc) is 2.51. The van der Waals surface area contributed by atoms with Crippen LogP contribution >= 0.6 is 27.7 Å². The topological polar surface area (TPSA) is 57.4 Å². The van der Waals surface area contributed by atoms with E-state index >= 15 is 0 Å². The lowest BCUT2D eigenvalue weighted by Gasteiger charge is -2.08. The summed E-state index contributed by atoms with van der Waals surface area (Å²) >= 11 is 4.78. The van der Waals surface area contributed by atoms with E-state index in [1.807, 2.05) is 61.8 Å². The quantitative estimate of drug-likeness (QED) is 0.356. The van der Waals surface area contributed by atoms with Crippen LogP contribution in [0.3, 0.4) is 0 Å². The van der Waals surface area contributed by atoms with Crippen molar-refractivity contribution in [1.82, 2.24) is 5.32 Å². The Bertz CT molecular complexity index is 723. The summed E-state index contributed by atoms with van der Waals surface area (Å²) in [6.45, 7) is 1.96. The van der Waals surface area contributed by atoms with Crippen molar-refractivity contribution >= 4 is 38.5 Å². The Hall–Kier alpha value is -1.97. The van der Waals surface area contributed by atoms with Crippen LogP contribution in [0.1, 0.15) is 5.56 Å². The fourth-order valence-corrected chi connectivity index (χ4v) is 2.34. The number of nitrogens with one attached hydrogen (secondary N) is 1. The molecule has 0 radical (unpaired) electrons. The number of ether oxygens (including phenoxy) is 1. The number of aryl methyl sites for hydroxylation is 1. The predicted octanol–water partition coefficient (Wildman–Crippen LogP) is 4.97. The minimum absolute atomic E-state index is 0.562. The summed E-state index contributed by atoms with van der Waals surface area (Å²) in [7, 11) is 0. The van der Waals surface area contributed by atoms with Crippen LogP contribution in [-0.2, 0) is 0 Å². The molecule has 4 nitrogen and oxygen atoms in total. The van der Waals surface area contributed by atoms with Gasteiger partial charge in [-0.05, 0) is 61.2 Å². The predicted molar refractivity (Wildman–Crippen MR) is 94.8 cm³/mol. The summed E-state index contributed by atoms with van der Waals surface area (Å²) in [4.78, 5) is 4.41. The molecule has 6 heteroatoms. The molecule has 0 bridgehead atoms. The monoisotopic (exact) mass is 375 g/mol. The van der Waals surface area contributed by atoms with E-state index in [0.717, 1.165) is 27.2 Å². The van der Waals surface area contributed by atoms with Gasteiger partial charge in [0.05, 0.1) is 5.69 Å². The number of aliphatic imine (C=N–C) groups is 1. The molecule has 2 rings (SSSR count). The lowest BCUT2D eigenvalue weighted by Crippen LogP contribution is -2.12. The maximum absolute atomic E-state index is 8.66. The third kappa shape index (κ3) is 4.52. The summed E-state index contributed by atoms with van der Waals surface area (Å²) in [5.74, 6) is 1.52. The fourth-order valence-electron chi connectivity index (χ4n) is 1.74. The number of amidine groups is 1. The molecular formula is C16H14BrN3OS. The van der Waals surface area contributed by atoms with Gasteiger partial charge in [-0.15, -0.1) is 0 Å². The molecule has 2 aromatic carbocycles. The van der Waals surface area contributed by atoms with Gasteiger partial charge in [-0.3, -0.25) is 5.32 Å². The van der Waals surface area contributed by atoms with Gasteiger partial charge in [-0.1, -0.05) is 27.7 Å². The maximum atomic E-state index is 8.66. The van der Waals surface area contributed by atoms with Crippen molar-refractivity contribution in [1.29, 1.82) is 5.26 Å². The van der Waals surface area contributed by atoms with Crippen LogP contribution < -0.4 is 10.1 Å². The highest BCUT2D eigenvalue weighted by atomic mass is 79.9. The Kier molecular flexibility index (Phi) is 5.87. The van der Waals surface area contributed by atoms with Crippen LogP contribution in [0.5, 0.6) is 11.5 Å². The van der Waals surface area contributed by atoms with Crippen LogP contribution in [0.15, 0.2) is 51.9 Å². The Balaban J connectivity index is 2.19. The smallest absolute Gasteiger partial charge is 0.183 e. The van der Waals surface area contributed by atoms with Crippen molar-refractivity contribution in [3.63, 3.8) is 0 Å². The van der Waals surface area contributed by atoms with Gasteiger partial charge in [-0.25, -0.2) is 4.99 Å². The second-order valence-corrected chi connectivity index (χ2v) is 6.07. The lowest BCUT2D eigenvalue weighted by atomic mass is 10.2. The highest BCUT2D eigenvalue weighted by Crippen LogP contribution is 2.28. The first kappa shape index (κ1) is 16.4. The van der Waals surface area contributed by atoms with E-state index in [0.29, 0.717) is 5.17 Å². The molecule has 0 atom stereocenters. The van der Waals surface area contributed by atoms with Crippen LogP contribution in [0.2, 0.25) is 0 Å². The molecular weight excluding hydrogens is 362 g/mol. The molecule has 0 aliphatic carbocycles. The second-order valence-electron chi connectivity index (χ2n) is 4.36. The number of nitriles is 1. The third-order valence-electron chi connectivity index (χ3n) is 2.80. The summed E-state index contributed by atoms with van der Waals surface area (Å²) < 4.78 is 6.82. The van der Waals surface area contributed by atoms with E-state index in [1.165, 1.54) is 11.8 Å². The Morgan fingerprint density at radius 1 is 1.23 bits per heavy atom. The molecule has 0 aliphatic rings. The molecule has 22 heavy (non-hydrogen) atoms. The second kappa shape index (κ2) is 7.87. The van der Waals surface area contributed by atoms with E-state index in [1.54, 1.807) is 0 Å². The van der Waals surface area contributed by atoms with Gasteiger partial charge in [0.15, 0.2) is 11.4 Å². The number of thioether (sulfide) groups is 1. The van der Waals surface area contributed by atoms with Gasteiger partial charge in [-0.2, -0.15) is 5.26 Å². The number of nitrogens with zero attached hydrogens (tertiary/aromatic N) is 2. The van der Waals surface area contributed by atoms with Crippen molar-refractivity contribution in [2.24, 2.45) is 4.99 Å². The summed E-state index contributed by atoms with van der Waals surface area (Å²) in [5, 5.41) is 11.8. The third-order valence-corrected chi connectivity index (χ3v) is 3.90. The minimum atomic E-state index is 0.562. The van der Waals surface area contributed by atoms with Crippen LogP contribution in [0, 0.1) is 18.4 Å². The Morgan fingerprint density at radius 3 is 2.50 bits per heavy atom. The largest absolute Gasteiger partial charge is 0.457 e. The first-order chi connectivity index (χ1) is 10.6. The summed E-state index contributed by atoms with van der Waals surface area (Å²) in [6, 6.07) is 13.3. The summed E-state index contributed by atoms with van der Waals surface area (Å²) in [6.07, 6.45) is 3.74. The molecule has 0 unspecified atom stereocenters. The maximum Gasteiger partial charge on any atom is 0.183 e. The average molecular weight is 376 g/mol. The van der Waals surface area contributed by atoms with Gasteiger partial charge in [0.25, 0.3) is 0 Å². The molecule has 0 heterocycles. The first-order valence-corrected chi connectivity index (χ1v) is 8.46. The Morgan fingerprint density at radius 2 is 1.91 bits per heavy atom. The molecule has 0 aliphatic heterocycles. The molecule has 0 spiro atoms. The lowest BCUT2D eigenvalue weighted by molar-refractivity contribution is 0.482. The molecule has 112 valence electrons. The zero-order chi connectivity index (χ0) is 15.9. The van der Waals surface area contributed by atoms with Crippen molar-refractivity contribution in [3.8, 4) is 17.7 Å². The highest BCUT2D eigenvalue weighted by molar-refractivity contribution is 9.10. The van der Waals surface area contributed by atoms with Crippen molar-refractivity contribution in [2.45, 2.75) is 6.92 Å². The SMILES string of the molecule is CSC(=Nc1ccc(Oc2ccc(Br)cc2)cc1C)NC#N. The number of benzene rings is 2. The molecule has 2 aromatic rings. The molecule has 0 amide bonds. The zero-order valence-corrected chi connectivity index (χ0v) is 14.5. The van der Waals surface area contributed by atoms with Gasteiger partial charge in [0, 0.05) is 4.47 Å². The summed E-state index contributed by atoms with van der Waals surface area (Å²) in [5.41, 5.74) is 1.77. The van der Waals surface area contributed by atoms with Crippen molar-refractivity contribution in [3.05, 3.63) is 52.5 Å². The van der Waals surface area contributed by atoms with Gasteiger partial charge >= 0.3 is 0 Å². The van der Waals surface area contributed by atoms with E-state index in [-0.39, 0.29) is 0 Å². The van der Waals surface area contributed by atoms with E-state index in [9.17, 15) is 0 Å². The van der Waals surface area contributed by atoms with Gasteiger partial charge in [0.1, 0.15) is 11.5 Å². The van der Waals surface area contributed by atoms with Gasteiger partial charge < -0.3 is 4.74 Å². The van der Waals surface area contributed by atoms with E-state index < -0.39 is 0 Å². The number of rotatable bonds is 3. The molecule has 1 N–H and O–H groups in total. The molecule has 0 saturated heterocycles. The molecule has 0 aromatic heterocycles. The number of halogens is 1. The minimum Gasteiger partial charge on any atom is -0.457 e. The Labute approximate surface area is 142 Å². The van der Waals surface area contributed by atoms with Crippen LogP contribution in [-0.4, -0.2) is 11.4 Å². The normalized spacial score (nSPS) is 10.9. The fraction of sp³-hybridized carbons (Fsp3) is 0.125. The zero-order valence-electron chi connectivity index (χ0n) is 12.1. The standard InChI is InChI=1S/C16H14BrN3OS/c1-11-9-14(21-13-5-3-12(17)4-6-13)7-8-15(11)20-16(22-2)19-10-18/h3-9H,1-2H3,(H,19,20). The van der Waals surface area contributed by atoms with Crippen LogP contribution in [0.25, 0.3) is 0 Å². The van der Waals surface area contributed by atoms with E-state index in [4.69, 9.17) is 10.00 Å².